The molecule has 1 amide bonds. The Morgan fingerprint density at radius 3 is 2.76 bits per heavy atom. The van der Waals surface area contributed by atoms with Crippen LogP contribution in [0.25, 0.3) is 22.3 Å². The summed E-state index contributed by atoms with van der Waals surface area (Å²) in [6, 6.07) is 15.3. The SMILES string of the molecule is CC(C)(CO)S/C=C(\C#N)C(=O)N1CCC[C@@H](n2nc(-c3ccc(Oc4ccccc4)cc3F)c3c(N)ncnc32)C1. The average molecular weight is 588 g/mol. The van der Waals surface area contributed by atoms with Crippen molar-refractivity contribution in [2.75, 3.05) is 25.4 Å². The molecule has 42 heavy (non-hydrogen) atoms. The summed E-state index contributed by atoms with van der Waals surface area (Å²) in [6.07, 6.45) is 2.69. The summed E-state index contributed by atoms with van der Waals surface area (Å²) in [5, 5.41) is 25.9. The summed E-state index contributed by atoms with van der Waals surface area (Å²) in [7, 11) is 0. The van der Waals surface area contributed by atoms with E-state index in [4.69, 9.17) is 15.6 Å². The number of nitrogens with zero attached hydrogens (tertiary/aromatic N) is 6. The number of aliphatic hydroxyl groups is 1. The standard InChI is InChI=1S/C30H30FN7O3S/c1-30(2,17-39)42-16-19(14-32)29(40)37-12-6-7-20(15-37)38-28-25(27(33)34-18-35-28)26(36-38)23-11-10-22(13-24(23)31)41-21-8-4-3-5-9-21/h3-5,8-11,13,16,18,20,39H,6-7,12,15,17H2,1-2H3,(H2,33,34,35)/b19-16+/t20-/m1/s1. The number of nitrogens with two attached hydrogens (primary N) is 1. The minimum atomic E-state index is -0.550. The van der Waals surface area contributed by atoms with Crippen molar-refractivity contribution in [2.24, 2.45) is 0 Å². The second-order valence-electron chi connectivity index (χ2n) is 10.5. The number of amides is 1. The van der Waals surface area contributed by atoms with E-state index < -0.39 is 16.5 Å². The number of fused-ring (bicyclic) bond motifs is 1. The number of hydrogen-bond donors (Lipinski definition) is 2. The molecular formula is C30H30FN7O3S. The fourth-order valence-electron chi connectivity index (χ4n) is 4.70. The van der Waals surface area contributed by atoms with E-state index in [1.54, 1.807) is 33.8 Å². The van der Waals surface area contributed by atoms with Crippen LogP contribution in [-0.4, -0.2) is 60.1 Å². The van der Waals surface area contributed by atoms with Crippen molar-refractivity contribution in [3.05, 3.63) is 71.7 Å². The molecule has 0 unspecified atom stereocenters. The molecule has 1 atom stereocenters. The number of likely N-dealkylation sites (tertiary alicyclic amines) is 1. The molecule has 216 valence electrons. The summed E-state index contributed by atoms with van der Waals surface area (Å²) in [6.45, 7) is 4.30. The van der Waals surface area contributed by atoms with Gasteiger partial charge in [-0.1, -0.05) is 18.2 Å². The van der Waals surface area contributed by atoms with Crippen molar-refractivity contribution in [1.29, 1.82) is 5.26 Å². The number of nitrogen functional groups attached to an aromatic ring is 1. The normalized spacial score (nSPS) is 15.9. The van der Waals surface area contributed by atoms with Gasteiger partial charge in [0.15, 0.2) is 5.65 Å². The minimum absolute atomic E-state index is 0.000334. The highest BCUT2D eigenvalue weighted by Gasteiger charge is 2.31. The first-order chi connectivity index (χ1) is 20.2. The largest absolute Gasteiger partial charge is 0.457 e. The van der Waals surface area contributed by atoms with Crippen LogP contribution in [0.4, 0.5) is 10.2 Å². The maximum absolute atomic E-state index is 15.5. The van der Waals surface area contributed by atoms with Gasteiger partial charge in [0.25, 0.3) is 5.91 Å². The Hall–Kier alpha value is -4.47. The molecule has 1 aliphatic rings. The predicted molar refractivity (Wildman–Crippen MR) is 159 cm³/mol. The zero-order chi connectivity index (χ0) is 29.9. The lowest BCUT2D eigenvalue weighted by molar-refractivity contribution is -0.128. The van der Waals surface area contributed by atoms with Crippen molar-refractivity contribution in [3.8, 4) is 28.8 Å². The van der Waals surface area contributed by atoms with Crippen LogP contribution >= 0.6 is 11.8 Å². The number of hydrogen-bond acceptors (Lipinski definition) is 9. The van der Waals surface area contributed by atoms with E-state index in [9.17, 15) is 15.2 Å². The lowest BCUT2D eigenvalue weighted by Crippen LogP contribution is -2.41. The lowest BCUT2D eigenvalue weighted by Gasteiger charge is -2.33. The minimum Gasteiger partial charge on any atom is -0.457 e. The van der Waals surface area contributed by atoms with Gasteiger partial charge in [0.2, 0.25) is 0 Å². The number of aromatic nitrogens is 4. The van der Waals surface area contributed by atoms with E-state index in [0.717, 1.165) is 0 Å². The molecule has 10 nitrogen and oxygen atoms in total. The fourth-order valence-corrected chi connectivity index (χ4v) is 5.37. The quantitative estimate of drug-likeness (QED) is 0.213. The van der Waals surface area contributed by atoms with Gasteiger partial charge in [0.05, 0.1) is 18.0 Å². The molecule has 0 aliphatic carbocycles. The summed E-state index contributed by atoms with van der Waals surface area (Å²) in [4.78, 5) is 23.4. The topological polar surface area (TPSA) is 143 Å². The van der Waals surface area contributed by atoms with Crippen LogP contribution in [0, 0.1) is 17.1 Å². The van der Waals surface area contributed by atoms with Gasteiger partial charge in [-0.05, 0) is 56.4 Å². The lowest BCUT2D eigenvalue weighted by atomic mass is 10.0. The Kier molecular flexibility index (Phi) is 8.42. The molecule has 3 N–H and O–H groups in total. The monoisotopic (exact) mass is 587 g/mol. The highest BCUT2D eigenvalue weighted by molar-refractivity contribution is 8.03. The third-order valence-corrected chi connectivity index (χ3v) is 8.07. The van der Waals surface area contributed by atoms with E-state index in [1.165, 1.54) is 29.6 Å². The molecule has 2 aromatic carbocycles. The number of aliphatic hydroxyl groups excluding tert-OH is 1. The Labute approximate surface area is 246 Å². The molecular weight excluding hydrogens is 557 g/mol. The van der Waals surface area contributed by atoms with Gasteiger partial charge >= 0.3 is 0 Å². The molecule has 3 heterocycles. The first-order valence-electron chi connectivity index (χ1n) is 13.4. The van der Waals surface area contributed by atoms with Crippen LogP contribution in [0.1, 0.15) is 32.7 Å². The molecule has 1 aliphatic heterocycles. The van der Waals surface area contributed by atoms with E-state index >= 15 is 4.39 Å². The Bertz CT molecular complexity index is 1680. The van der Waals surface area contributed by atoms with Crippen LogP contribution in [0.15, 0.2) is 65.8 Å². The zero-order valence-corrected chi connectivity index (χ0v) is 24.0. The predicted octanol–water partition coefficient (Wildman–Crippen LogP) is 5.08. The van der Waals surface area contributed by atoms with Gasteiger partial charge in [-0.2, -0.15) is 10.4 Å². The highest BCUT2D eigenvalue weighted by Crippen LogP contribution is 2.36. The summed E-state index contributed by atoms with van der Waals surface area (Å²) in [5.41, 5.74) is 7.18. The van der Waals surface area contributed by atoms with Gasteiger partial charge in [0.1, 0.15) is 46.8 Å². The summed E-state index contributed by atoms with van der Waals surface area (Å²) in [5.74, 6) is 0.129. The molecule has 0 saturated carbocycles. The number of carbonyl (C=O) groups is 1. The van der Waals surface area contributed by atoms with Crippen LogP contribution in [-0.2, 0) is 4.79 Å². The van der Waals surface area contributed by atoms with Crippen molar-refractivity contribution in [3.63, 3.8) is 0 Å². The number of piperidine rings is 1. The Morgan fingerprint density at radius 1 is 1.26 bits per heavy atom. The second-order valence-corrected chi connectivity index (χ2v) is 12.1. The van der Waals surface area contributed by atoms with Gasteiger partial charge in [-0.25, -0.2) is 19.0 Å². The van der Waals surface area contributed by atoms with Gasteiger partial charge in [-0.15, -0.1) is 11.8 Å². The Morgan fingerprint density at radius 2 is 2.05 bits per heavy atom. The third kappa shape index (κ3) is 6.07. The first-order valence-corrected chi connectivity index (χ1v) is 14.3. The molecule has 1 saturated heterocycles. The number of ether oxygens (including phenoxy) is 1. The van der Waals surface area contributed by atoms with Crippen molar-refractivity contribution >= 4 is 34.5 Å². The van der Waals surface area contributed by atoms with Gasteiger partial charge in [0, 0.05) is 29.5 Å². The molecule has 5 rings (SSSR count). The van der Waals surface area contributed by atoms with Crippen LogP contribution < -0.4 is 10.5 Å². The average Bonchev–Trinajstić information content (AvgIpc) is 3.39. The maximum atomic E-state index is 15.5. The number of rotatable bonds is 8. The number of halogens is 1. The third-order valence-electron chi connectivity index (χ3n) is 6.95. The molecule has 4 aromatic rings. The van der Waals surface area contributed by atoms with Crippen molar-refractivity contribution < 1.29 is 19.0 Å². The molecule has 2 aromatic heterocycles. The van der Waals surface area contributed by atoms with Crippen LogP contribution in [0.5, 0.6) is 11.5 Å². The molecule has 0 bridgehead atoms. The van der Waals surface area contributed by atoms with E-state index in [2.05, 4.69) is 9.97 Å². The highest BCUT2D eigenvalue weighted by atomic mass is 32.2. The summed E-state index contributed by atoms with van der Waals surface area (Å²) >= 11 is 1.23. The van der Waals surface area contributed by atoms with E-state index in [-0.39, 0.29) is 41.8 Å². The van der Waals surface area contributed by atoms with Crippen molar-refractivity contribution in [1.82, 2.24) is 24.6 Å². The molecule has 0 radical (unpaired) electrons. The van der Waals surface area contributed by atoms with Crippen molar-refractivity contribution in [2.45, 2.75) is 37.5 Å². The number of para-hydroxylation sites is 1. The second kappa shape index (κ2) is 12.2. The molecule has 0 spiro atoms. The number of nitriles is 1. The van der Waals surface area contributed by atoms with Gasteiger partial charge in [-0.3, -0.25) is 4.79 Å². The number of thioether (sulfide) groups is 1. The summed E-state index contributed by atoms with van der Waals surface area (Å²) < 4.78 is 22.4. The zero-order valence-electron chi connectivity index (χ0n) is 23.2. The van der Waals surface area contributed by atoms with Crippen LogP contribution in [0.2, 0.25) is 0 Å². The number of benzene rings is 2. The molecule has 1 fully saturated rings. The maximum Gasteiger partial charge on any atom is 0.265 e. The molecule has 12 heteroatoms. The number of anilines is 1. The fraction of sp³-hybridized carbons (Fsp3) is 0.300. The Balaban J connectivity index is 1.45. The number of carbonyl (C=O) groups excluding carboxylic acids is 1. The van der Waals surface area contributed by atoms with Crippen LogP contribution in [0.3, 0.4) is 0 Å². The van der Waals surface area contributed by atoms with E-state index in [0.29, 0.717) is 41.9 Å². The smallest absolute Gasteiger partial charge is 0.265 e. The van der Waals surface area contributed by atoms with Gasteiger partial charge < -0.3 is 20.5 Å². The first kappa shape index (κ1) is 29.0. The van der Waals surface area contributed by atoms with E-state index in [1.807, 2.05) is 38.1 Å².